The predicted octanol–water partition coefficient (Wildman–Crippen LogP) is 2.91. The van der Waals surface area contributed by atoms with E-state index in [0.29, 0.717) is 11.1 Å². The Bertz CT molecular complexity index is 429. The normalized spacial score (nSPS) is 12.8. The summed E-state index contributed by atoms with van der Waals surface area (Å²) in [6.45, 7) is 3.97. The molecule has 3 nitrogen and oxygen atoms in total. The number of rotatable bonds is 4. The van der Waals surface area contributed by atoms with E-state index >= 15 is 0 Å². The number of hydrogen-bond donors (Lipinski definition) is 1. The lowest BCUT2D eigenvalue weighted by Gasteiger charge is -2.12. The predicted molar refractivity (Wildman–Crippen MR) is 65.2 cm³/mol. The minimum atomic E-state index is -1.92. The van der Waals surface area contributed by atoms with E-state index in [0.717, 1.165) is 5.56 Å². The van der Waals surface area contributed by atoms with Crippen LogP contribution in [0.1, 0.15) is 41.3 Å². The maximum Gasteiger partial charge on any atom is 0.252 e. The lowest BCUT2D eigenvalue weighted by atomic mass is 9.96. The largest absolute Gasteiger partial charge is 0.306 e. The van der Waals surface area contributed by atoms with Crippen LogP contribution in [0.4, 0.5) is 0 Å². The lowest BCUT2D eigenvalue weighted by molar-refractivity contribution is 0.108. The third kappa shape index (κ3) is 3.40. The fourth-order valence-electron chi connectivity index (χ4n) is 1.55. The fourth-order valence-corrected chi connectivity index (χ4v) is 2.18. The molecule has 1 rings (SSSR count). The van der Waals surface area contributed by atoms with Crippen LogP contribution >= 0.6 is 11.6 Å². The molecule has 0 aliphatic rings. The zero-order chi connectivity index (χ0) is 12.3. The molecular formula is C11H13ClO3S. The second kappa shape index (κ2) is 5.57. The first-order chi connectivity index (χ1) is 7.41. The van der Waals surface area contributed by atoms with Gasteiger partial charge in [-0.15, -0.1) is 0 Å². The van der Waals surface area contributed by atoms with Crippen LogP contribution in [0.25, 0.3) is 0 Å². The molecule has 0 aliphatic carbocycles. The van der Waals surface area contributed by atoms with Crippen LogP contribution in [0.5, 0.6) is 0 Å². The summed E-state index contributed by atoms with van der Waals surface area (Å²) in [5, 5.41) is -0.555. The smallest absolute Gasteiger partial charge is 0.252 e. The topological polar surface area (TPSA) is 54.4 Å². The Morgan fingerprint density at radius 1 is 1.50 bits per heavy atom. The molecule has 1 unspecified atom stereocenters. The first-order valence-corrected chi connectivity index (χ1v) is 6.47. The molecule has 0 amide bonds. The second-order valence-corrected chi connectivity index (χ2v) is 5.08. The monoisotopic (exact) mass is 260 g/mol. The number of halogens is 1. The highest BCUT2D eigenvalue weighted by Crippen LogP contribution is 2.22. The molecule has 1 N–H and O–H groups in total. The molecule has 0 bridgehead atoms. The van der Waals surface area contributed by atoms with Gasteiger partial charge in [0.1, 0.15) is 0 Å². The van der Waals surface area contributed by atoms with Crippen molar-refractivity contribution in [2.24, 2.45) is 0 Å². The average molecular weight is 261 g/mol. The van der Waals surface area contributed by atoms with Crippen LogP contribution in [0.15, 0.2) is 18.2 Å². The Kier molecular flexibility index (Phi) is 4.65. The molecular weight excluding hydrogens is 248 g/mol. The van der Waals surface area contributed by atoms with Gasteiger partial charge >= 0.3 is 0 Å². The van der Waals surface area contributed by atoms with Crippen LogP contribution in [-0.4, -0.2) is 14.0 Å². The van der Waals surface area contributed by atoms with Gasteiger partial charge in [-0.05, 0) is 40.8 Å². The summed E-state index contributed by atoms with van der Waals surface area (Å²) >= 11 is 3.45. The summed E-state index contributed by atoms with van der Waals surface area (Å²) < 4.78 is 19.7. The summed E-state index contributed by atoms with van der Waals surface area (Å²) in [6.07, 6.45) is 0. The van der Waals surface area contributed by atoms with Gasteiger partial charge in [0.25, 0.3) is 5.24 Å². The molecule has 1 aromatic rings. The Morgan fingerprint density at radius 2 is 2.12 bits per heavy atom. The van der Waals surface area contributed by atoms with Gasteiger partial charge in [-0.3, -0.25) is 4.79 Å². The van der Waals surface area contributed by atoms with E-state index in [4.69, 9.17) is 16.2 Å². The standard InChI is InChI=1S/C11H13ClO3S/c1-7(2)10-4-3-8(11(12)13)5-9(10)6-16(14)15/h3-5,7H,6H2,1-2H3,(H,14,15). The van der Waals surface area contributed by atoms with E-state index in [1.54, 1.807) is 18.2 Å². The van der Waals surface area contributed by atoms with Crippen molar-refractivity contribution in [1.29, 1.82) is 0 Å². The minimum Gasteiger partial charge on any atom is -0.306 e. The summed E-state index contributed by atoms with van der Waals surface area (Å²) in [7, 11) is 0. The number of benzene rings is 1. The molecule has 0 aliphatic heterocycles. The summed E-state index contributed by atoms with van der Waals surface area (Å²) in [4.78, 5) is 11.0. The highest BCUT2D eigenvalue weighted by molar-refractivity contribution is 7.78. The molecule has 1 aromatic carbocycles. The van der Waals surface area contributed by atoms with Crippen LogP contribution < -0.4 is 0 Å². The maximum absolute atomic E-state index is 11.0. The van der Waals surface area contributed by atoms with E-state index in [2.05, 4.69) is 0 Å². The van der Waals surface area contributed by atoms with Crippen LogP contribution in [0.3, 0.4) is 0 Å². The first-order valence-electron chi connectivity index (χ1n) is 4.82. The molecule has 0 fully saturated rings. The van der Waals surface area contributed by atoms with Crippen LogP contribution in [0.2, 0.25) is 0 Å². The highest BCUT2D eigenvalue weighted by atomic mass is 35.5. The molecule has 0 saturated heterocycles. The van der Waals surface area contributed by atoms with Gasteiger partial charge in [0.15, 0.2) is 11.1 Å². The van der Waals surface area contributed by atoms with Crippen molar-refractivity contribution in [1.82, 2.24) is 0 Å². The van der Waals surface area contributed by atoms with Gasteiger partial charge in [0.05, 0.1) is 5.75 Å². The Balaban J connectivity index is 3.20. The van der Waals surface area contributed by atoms with Crippen molar-refractivity contribution < 1.29 is 13.6 Å². The Morgan fingerprint density at radius 3 is 2.56 bits per heavy atom. The molecule has 0 spiro atoms. The number of hydrogen-bond acceptors (Lipinski definition) is 2. The molecule has 0 heterocycles. The highest BCUT2D eigenvalue weighted by Gasteiger charge is 2.12. The zero-order valence-electron chi connectivity index (χ0n) is 9.07. The first kappa shape index (κ1) is 13.4. The quantitative estimate of drug-likeness (QED) is 0.669. The fraction of sp³-hybridized carbons (Fsp3) is 0.364. The number of carbonyl (C=O) groups excluding carboxylic acids is 1. The van der Waals surface area contributed by atoms with Gasteiger partial charge in [-0.1, -0.05) is 19.9 Å². The van der Waals surface area contributed by atoms with Crippen molar-refractivity contribution in [3.63, 3.8) is 0 Å². The van der Waals surface area contributed by atoms with Gasteiger partial charge < -0.3 is 4.55 Å². The van der Waals surface area contributed by atoms with Crippen molar-refractivity contribution >= 4 is 27.9 Å². The minimum absolute atomic E-state index is 0.0194. The van der Waals surface area contributed by atoms with E-state index in [1.165, 1.54) is 0 Å². The van der Waals surface area contributed by atoms with Gasteiger partial charge in [-0.25, -0.2) is 4.21 Å². The summed E-state index contributed by atoms with van der Waals surface area (Å²) in [5.74, 6) is 0.254. The average Bonchev–Trinajstić information content (AvgIpc) is 2.15. The SMILES string of the molecule is CC(C)c1ccc(C(=O)Cl)cc1CS(=O)O. The van der Waals surface area contributed by atoms with Crippen molar-refractivity contribution in [3.8, 4) is 0 Å². The third-order valence-corrected chi connectivity index (χ3v) is 3.05. The van der Waals surface area contributed by atoms with Crippen molar-refractivity contribution in [3.05, 3.63) is 34.9 Å². The van der Waals surface area contributed by atoms with E-state index < -0.39 is 16.3 Å². The molecule has 0 aromatic heterocycles. The van der Waals surface area contributed by atoms with E-state index in [-0.39, 0.29) is 11.7 Å². The van der Waals surface area contributed by atoms with E-state index in [1.807, 2.05) is 13.8 Å². The summed E-state index contributed by atoms with van der Waals surface area (Å²) in [5.41, 5.74) is 2.01. The van der Waals surface area contributed by atoms with Gasteiger partial charge in [0, 0.05) is 5.56 Å². The Labute approximate surface area is 102 Å². The molecule has 16 heavy (non-hydrogen) atoms. The van der Waals surface area contributed by atoms with Gasteiger partial charge in [0.2, 0.25) is 0 Å². The maximum atomic E-state index is 11.0. The van der Waals surface area contributed by atoms with Crippen LogP contribution in [0, 0.1) is 0 Å². The Hall–Kier alpha value is -0.710. The lowest BCUT2D eigenvalue weighted by Crippen LogP contribution is -2.02. The van der Waals surface area contributed by atoms with Gasteiger partial charge in [-0.2, -0.15) is 0 Å². The molecule has 5 heteroatoms. The molecule has 1 atom stereocenters. The van der Waals surface area contributed by atoms with Crippen molar-refractivity contribution in [2.45, 2.75) is 25.5 Å². The zero-order valence-corrected chi connectivity index (χ0v) is 10.6. The third-order valence-electron chi connectivity index (χ3n) is 2.27. The molecule has 0 saturated carbocycles. The van der Waals surface area contributed by atoms with Crippen LogP contribution in [-0.2, 0) is 16.8 Å². The molecule has 0 radical (unpaired) electrons. The van der Waals surface area contributed by atoms with E-state index in [9.17, 15) is 9.00 Å². The van der Waals surface area contributed by atoms with Crippen molar-refractivity contribution in [2.75, 3.05) is 0 Å². The number of carbonyl (C=O) groups is 1. The summed E-state index contributed by atoms with van der Waals surface area (Å²) in [6, 6.07) is 5.00. The second-order valence-electron chi connectivity index (χ2n) is 3.81. The molecule has 88 valence electrons.